The fourth-order valence-corrected chi connectivity index (χ4v) is 2.34. The molecule has 1 heterocycles. The van der Waals surface area contributed by atoms with Crippen molar-refractivity contribution in [2.24, 2.45) is 0 Å². The van der Waals surface area contributed by atoms with Gasteiger partial charge in [-0.25, -0.2) is 0 Å². The maximum absolute atomic E-state index is 5.89. The van der Waals surface area contributed by atoms with Crippen molar-refractivity contribution in [1.29, 1.82) is 0 Å². The summed E-state index contributed by atoms with van der Waals surface area (Å²) < 4.78 is 0. The first-order chi connectivity index (χ1) is 7.74. The standard InChI is InChI=1S/C11H8Cl2N2S/c12-8-2-1-3-10(6-8)16-7-9-4-5-11(13)15-14-9/h1-6H,7H2. The Bertz CT molecular complexity index is 474. The normalized spacial score (nSPS) is 10.4. The minimum absolute atomic E-state index is 0.413. The molecule has 16 heavy (non-hydrogen) atoms. The van der Waals surface area contributed by atoms with Gasteiger partial charge < -0.3 is 0 Å². The lowest BCUT2D eigenvalue weighted by atomic mass is 10.4. The molecule has 0 amide bonds. The second-order valence-corrected chi connectivity index (χ2v) is 4.97. The Balaban J connectivity index is 1.99. The average molecular weight is 271 g/mol. The third-order valence-electron chi connectivity index (χ3n) is 1.87. The number of rotatable bonds is 3. The van der Waals surface area contributed by atoms with Gasteiger partial charge in [0.1, 0.15) is 0 Å². The first-order valence-corrected chi connectivity index (χ1v) is 6.35. The average Bonchev–Trinajstić information content (AvgIpc) is 2.28. The summed E-state index contributed by atoms with van der Waals surface area (Å²) >= 11 is 13.2. The molecule has 0 saturated heterocycles. The Morgan fingerprint density at radius 2 is 1.94 bits per heavy atom. The van der Waals surface area contributed by atoms with Crippen molar-refractivity contribution in [3.63, 3.8) is 0 Å². The Labute approximate surface area is 108 Å². The number of benzene rings is 1. The van der Waals surface area contributed by atoms with Crippen LogP contribution in [0, 0.1) is 0 Å². The SMILES string of the molecule is Clc1cccc(SCc2ccc(Cl)nn2)c1. The molecular formula is C11H8Cl2N2S. The quantitative estimate of drug-likeness (QED) is 0.787. The van der Waals surface area contributed by atoms with E-state index in [0.29, 0.717) is 5.15 Å². The first-order valence-electron chi connectivity index (χ1n) is 4.60. The summed E-state index contributed by atoms with van der Waals surface area (Å²) in [6.07, 6.45) is 0. The van der Waals surface area contributed by atoms with Gasteiger partial charge in [0.2, 0.25) is 0 Å². The molecular weight excluding hydrogens is 263 g/mol. The van der Waals surface area contributed by atoms with Crippen LogP contribution in [0.2, 0.25) is 10.2 Å². The second-order valence-electron chi connectivity index (χ2n) is 3.09. The van der Waals surface area contributed by atoms with Crippen LogP contribution in [0.3, 0.4) is 0 Å². The molecule has 2 nitrogen and oxygen atoms in total. The summed E-state index contributed by atoms with van der Waals surface area (Å²) in [6.45, 7) is 0. The van der Waals surface area contributed by atoms with Crippen molar-refractivity contribution in [3.05, 3.63) is 52.3 Å². The van der Waals surface area contributed by atoms with E-state index in [1.165, 1.54) is 0 Å². The molecule has 0 fully saturated rings. The number of thioether (sulfide) groups is 1. The van der Waals surface area contributed by atoms with Gasteiger partial charge in [-0.3, -0.25) is 0 Å². The number of halogens is 2. The van der Waals surface area contributed by atoms with Crippen molar-refractivity contribution in [2.75, 3.05) is 0 Å². The smallest absolute Gasteiger partial charge is 0.151 e. The van der Waals surface area contributed by atoms with Gasteiger partial charge in [-0.15, -0.1) is 16.9 Å². The van der Waals surface area contributed by atoms with Crippen molar-refractivity contribution < 1.29 is 0 Å². The van der Waals surface area contributed by atoms with Gasteiger partial charge in [-0.2, -0.15) is 5.10 Å². The van der Waals surface area contributed by atoms with E-state index in [4.69, 9.17) is 23.2 Å². The molecule has 0 aliphatic rings. The molecule has 0 N–H and O–H groups in total. The van der Waals surface area contributed by atoms with E-state index >= 15 is 0 Å². The Morgan fingerprint density at radius 1 is 1.06 bits per heavy atom. The molecule has 2 aromatic rings. The minimum Gasteiger partial charge on any atom is -0.153 e. The lowest BCUT2D eigenvalue weighted by Gasteiger charge is -2.01. The summed E-state index contributed by atoms with van der Waals surface area (Å²) in [7, 11) is 0. The highest BCUT2D eigenvalue weighted by atomic mass is 35.5. The van der Waals surface area contributed by atoms with E-state index in [1.54, 1.807) is 17.8 Å². The Kier molecular flexibility index (Phi) is 4.04. The van der Waals surface area contributed by atoms with Gasteiger partial charge in [0.25, 0.3) is 0 Å². The van der Waals surface area contributed by atoms with Gasteiger partial charge >= 0.3 is 0 Å². The maximum atomic E-state index is 5.89. The van der Waals surface area contributed by atoms with Crippen LogP contribution in [0.5, 0.6) is 0 Å². The Hall–Kier alpha value is -0.770. The van der Waals surface area contributed by atoms with Crippen LogP contribution < -0.4 is 0 Å². The molecule has 0 spiro atoms. The summed E-state index contributed by atoms with van der Waals surface area (Å²) in [5, 5.41) is 8.92. The van der Waals surface area contributed by atoms with Crippen molar-refractivity contribution in [3.8, 4) is 0 Å². The van der Waals surface area contributed by atoms with E-state index in [9.17, 15) is 0 Å². The van der Waals surface area contributed by atoms with Crippen LogP contribution in [0.15, 0.2) is 41.3 Å². The monoisotopic (exact) mass is 270 g/mol. The molecule has 0 atom stereocenters. The highest BCUT2D eigenvalue weighted by molar-refractivity contribution is 7.98. The van der Waals surface area contributed by atoms with Crippen molar-refractivity contribution >= 4 is 35.0 Å². The van der Waals surface area contributed by atoms with Crippen LogP contribution in [0.25, 0.3) is 0 Å². The van der Waals surface area contributed by atoms with Crippen LogP contribution in [-0.2, 0) is 5.75 Å². The van der Waals surface area contributed by atoms with Gasteiger partial charge in [-0.1, -0.05) is 29.3 Å². The number of hydrogen-bond acceptors (Lipinski definition) is 3. The lowest BCUT2D eigenvalue weighted by Crippen LogP contribution is -1.89. The Morgan fingerprint density at radius 3 is 2.62 bits per heavy atom. The molecule has 82 valence electrons. The topological polar surface area (TPSA) is 25.8 Å². The zero-order valence-electron chi connectivity index (χ0n) is 8.23. The van der Waals surface area contributed by atoms with E-state index in [2.05, 4.69) is 10.2 Å². The number of nitrogens with zero attached hydrogens (tertiary/aromatic N) is 2. The highest BCUT2D eigenvalue weighted by Crippen LogP contribution is 2.24. The fourth-order valence-electron chi connectivity index (χ4n) is 1.13. The van der Waals surface area contributed by atoms with Gasteiger partial charge in [0.05, 0.1) is 5.69 Å². The predicted octanol–water partition coefficient (Wildman–Crippen LogP) is 4.08. The second kappa shape index (κ2) is 5.53. The number of hydrogen-bond donors (Lipinski definition) is 0. The first kappa shape index (κ1) is 11.7. The molecule has 0 unspecified atom stereocenters. The van der Waals surface area contributed by atoms with Gasteiger partial charge in [-0.05, 0) is 30.3 Å². The summed E-state index contributed by atoms with van der Waals surface area (Å²) in [5.74, 6) is 0.754. The van der Waals surface area contributed by atoms with Gasteiger partial charge in [0.15, 0.2) is 5.15 Å². The van der Waals surface area contributed by atoms with E-state index < -0.39 is 0 Å². The molecule has 5 heteroatoms. The third-order valence-corrected chi connectivity index (χ3v) is 3.33. The zero-order valence-corrected chi connectivity index (χ0v) is 10.6. The van der Waals surface area contributed by atoms with Crippen LogP contribution >= 0.6 is 35.0 Å². The molecule has 0 bridgehead atoms. The maximum Gasteiger partial charge on any atom is 0.151 e. The van der Waals surface area contributed by atoms with Crippen molar-refractivity contribution in [2.45, 2.75) is 10.6 Å². The molecule has 1 aromatic carbocycles. The van der Waals surface area contributed by atoms with E-state index in [1.807, 2.05) is 30.3 Å². The van der Waals surface area contributed by atoms with E-state index in [0.717, 1.165) is 21.4 Å². The van der Waals surface area contributed by atoms with Crippen LogP contribution in [0.1, 0.15) is 5.69 Å². The predicted molar refractivity (Wildman–Crippen MR) is 68.1 cm³/mol. The highest BCUT2D eigenvalue weighted by Gasteiger charge is 1.99. The fraction of sp³-hybridized carbons (Fsp3) is 0.0909. The van der Waals surface area contributed by atoms with Gasteiger partial charge in [0, 0.05) is 15.7 Å². The largest absolute Gasteiger partial charge is 0.153 e. The summed E-state index contributed by atoms with van der Waals surface area (Å²) in [5.41, 5.74) is 0.898. The van der Waals surface area contributed by atoms with Crippen LogP contribution in [0.4, 0.5) is 0 Å². The third kappa shape index (κ3) is 3.37. The molecule has 0 saturated carbocycles. The summed E-state index contributed by atoms with van der Waals surface area (Å²) in [6, 6.07) is 11.3. The molecule has 0 radical (unpaired) electrons. The molecule has 1 aromatic heterocycles. The summed E-state index contributed by atoms with van der Waals surface area (Å²) in [4.78, 5) is 1.12. The molecule has 0 aliphatic heterocycles. The minimum atomic E-state index is 0.413. The van der Waals surface area contributed by atoms with Crippen molar-refractivity contribution in [1.82, 2.24) is 10.2 Å². The molecule has 2 rings (SSSR count). The lowest BCUT2D eigenvalue weighted by molar-refractivity contribution is 0.972. The van der Waals surface area contributed by atoms with E-state index in [-0.39, 0.29) is 0 Å². The molecule has 0 aliphatic carbocycles. The number of aromatic nitrogens is 2. The van der Waals surface area contributed by atoms with Crippen LogP contribution in [-0.4, -0.2) is 10.2 Å². The zero-order chi connectivity index (χ0) is 11.4.